The molecule has 2 nitrogen and oxygen atoms in total. The molecule has 80 valence electrons. The van der Waals surface area contributed by atoms with Crippen LogP contribution in [0.3, 0.4) is 0 Å². The van der Waals surface area contributed by atoms with E-state index in [1.54, 1.807) is 0 Å². The Morgan fingerprint density at radius 2 is 1.93 bits per heavy atom. The van der Waals surface area contributed by atoms with E-state index >= 15 is 0 Å². The van der Waals surface area contributed by atoms with E-state index in [0.717, 1.165) is 0 Å². The Morgan fingerprint density at radius 1 is 1.27 bits per heavy atom. The minimum atomic E-state index is -0.0521. The summed E-state index contributed by atoms with van der Waals surface area (Å²) in [6, 6.07) is 12.2. The van der Waals surface area contributed by atoms with Crippen molar-refractivity contribution in [3.63, 3.8) is 0 Å². The molecule has 0 radical (unpaired) electrons. The van der Waals surface area contributed by atoms with Crippen LogP contribution in [0.15, 0.2) is 30.3 Å². The quantitative estimate of drug-likeness (QED) is 0.736. The predicted molar refractivity (Wildman–Crippen MR) is 60.1 cm³/mol. The summed E-state index contributed by atoms with van der Waals surface area (Å²) < 4.78 is 5.59. The molecule has 0 heterocycles. The van der Waals surface area contributed by atoms with Gasteiger partial charge in [-0.05, 0) is 5.56 Å². The van der Waals surface area contributed by atoms with Crippen LogP contribution in [0, 0.1) is 16.7 Å². The van der Waals surface area contributed by atoms with Gasteiger partial charge >= 0.3 is 0 Å². The van der Waals surface area contributed by atoms with Gasteiger partial charge in [-0.2, -0.15) is 5.26 Å². The van der Waals surface area contributed by atoms with Crippen molar-refractivity contribution >= 4 is 0 Å². The number of hydrogen-bond donors (Lipinski definition) is 0. The van der Waals surface area contributed by atoms with Gasteiger partial charge in [0.15, 0.2) is 0 Å². The lowest BCUT2D eigenvalue weighted by Crippen LogP contribution is -2.18. The first-order valence-electron chi connectivity index (χ1n) is 5.13. The van der Waals surface area contributed by atoms with Gasteiger partial charge < -0.3 is 4.74 Å². The van der Waals surface area contributed by atoms with E-state index in [-0.39, 0.29) is 5.41 Å². The van der Waals surface area contributed by atoms with Crippen LogP contribution >= 0.6 is 0 Å². The number of nitriles is 1. The van der Waals surface area contributed by atoms with E-state index in [4.69, 9.17) is 10.00 Å². The minimum absolute atomic E-state index is 0.0521. The van der Waals surface area contributed by atoms with Crippen molar-refractivity contribution in [3.05, 3.63) is 35.9 Å². The third kappa shape index (κ3) is 4.62. The molecule has 0 bridgehead atoms. The third-order valence-corrected chi connectivity index (χ3v) is 2.16. The molecule has 15 heavy (non-hydrogen) atoms. The van der Waals surface area contributed by atoms with E-state index in [1.165, 1.54) is 5.56 Å². The number of rotatable bonds is 5. The zero-order valence-corrected chi connectivity index (χ0v) is 9.36. The first-order valence-corrected chi connectivity index (χ1v) is 5.13. The van der Waals surface area contributed by atoms with Crippen molar-refractivity contribution in [3.8, 4) is 6.07 Å². The molecule has 0 unspecified atom stereocenters. The number of nitrogens with zero attached hydrogens (tertiary/aromatic N) is 1. The minimum Gasteiger partial charge on any atom is -0.376 e. The molecular weight excluding hydrogens is 186 g/mol. The second-order valence-corrected chi connectivity index (χ2v) is 4.48. The molecule has 0 aliphatic rings. The zero-order chi connectivity index (χ0) is 11.1. The Bertz CT molecular complexity index is 324. The van der Waals surface area contributed by atoms with Crippen molar-refractivity contribution in [2.75, 3.05) is 6.61 Å². The molecule has 0 saturated heterocycles. The molecule has 1 rings (SSSR count). The van der Waals surface area contributed by atoms with Crippen molar-refractivity contribution in [1.29, 1.82) is 5.26 Å². The highest BCUT2D eigenvalue weighted by Crippen LogP contribution is 2.20. The van der Waals surface area contributed by atoms with Crippen LogP contribution in [0.2, 0.25) is 0 Å². The SMILES string of the molecule is CC(C)(CC#N)COCc1ccccc1. The van der Waals surface area contributed by atoms with Gasteiger partial charge in [-0.15, -0.1) is 0 Å². The summed E-state index contributed by atoms with van der Waals surface area (Å²) in [5.74, 6) is 0. The van der Waals surface area contributed by atoms with Crippen molar-refractivity contribution in [2.24, 2.45) is 5.41 Å². The summed E-state index contributed by atoms with van der Waals surface area (Å²) in [5.41, 5.74) is 1.12. The van der Waals surface area contributed by atoms with Gasteiger partial charge in [0.1, 0.15) is 0 Å². The summed E-state index contributed by atoms with van der Waals surface area (Å²) in [5, 5.41) is 8.61. The van der Waals surface area contributed by atoms with Gasteiger partial charge in [0.05, 0.1) is 19.3 Å². The smallest absolute Gasteiger partial charge is 0.0717 e. The topological polar surface area (TPSA) is 33.0 Å². The van der Waals surface area contributed by atoms with Crippen LogP contribution in [-0.2, 0) is 11.3 Å². The van der Waals surface area contributed by atoms with Gasteiger partial charge in [-0.3, -0.25) is 0 Å². The molecule has 0 aliphatic carbocycles. The highest BCUT2D eigenvalue weighted by molar-refractivity contribution is 5.13. The molecule has 0 atom stereocenters. The molecule has 0 spiro atoms. The lowest BCUT2D eigenvalue weighted by molar-refractivity contribution is 0.0534. The summed E-state index contributed by atoms with van der Waals surface area (Å²) in [4.78, 5) is 0. The fourth-order valence-corrected chi connectivity index (χ4v) is 1.28. The van der Waals surface area contributed by atoms with Crippen molar-refractivity contribution in [2.45, 2.75) is 26.9 Å². The molecule has 0 saturated carbocycles. The van der Waals surface area contributed by atoms with Crippen LogP contribution in [0.25, 0.3) is 0 Å². The van der Waals surface area contributed by atoms with Gasteiger partial charge in [-0.1, -0.05) is 44.2 Å². The monoisotopic (exact) mass is 203 g/mol. The van der Waals surface area contributed by atoms with Crippen LogP contribution in [0.1, 0.15) is 25.8 Å². The highest BCUT2D eigenvalue weighted by Gasteiger charge is 2.17. The standard InChI is InChI=1S/C13H17NO/c1-13(2,8-9-14)11-15-10-12-6-4-3-5-7-12/h3-7H,8,10-11H2,1-2H3. The fraction of sp³-hybridized carbons (Fsp3) is 0.462. The molecule has 0 aliphatic heterocycles. The predicted octanol–water partition coefficient (Wildman–Crippen LogP) is 3.14. The first-order chi connectivity index (χ1) is 7.14. The van der Waals surface area contributed by atoms with Gasteiger partial charge in [0.2, 0.25) is 0 Å². The lowest BCUT2D eigenvalue weighted by atomic mass is 9.91. The first kappa shape index (κ1) is 11.7. The molecule has 0 N–H and O–H groups in total. The van der Waals surface area contributed by atoms with Crippen molar-refractivity contribution in [1.82, 2.24) is 0 Å². The second-order valence-electron chi connectivity index (χ2n) is 4.48. The van der Waals surface area contributed by atoms with Gasteiger partial charge in [-0.25, -0.2) is 0 Å². The van der Waals surface area contributed by atoms with Crippen LogP contribution in [0.4, 0.5) is 0 Å². The van der Waals surface area contributed by atoms with Gasteiger partial charge in [0.25, 0.3) is 0 Å². The molecular formula is C13H17NO. The van der Waals surface area contributed by atoms with Crippen LogP contribution in [-0.4, -0.2) is 6.61 Å². The van der Waals surface area contributed by atoms with E-state index in [9.17, 15) is 0 Å². The Hall–Kier alpha value is -1.33. The second kappa shape index (κ2) is 5.53. The number of benzene rings is 1. The molecule has 0 fully saturated rings. The maximum atomic E-state index is 8.61. The summed E-state index contributed by atoms with van der Waals surface area (Å²) >= 11 is 0. The van der Waals surface area contributed by atoms with E-state index in [1.807, 2.05) is 44.2 Å². The maximum Gasteiger partial charge on any atom is 0.0717 e. The Morgan fingerprint density at radius 3 is 2.53 bits per heavy atom. The van der Waals surface area contributed by atoms with E-state index in [2.05, 4.69) is 6.07 Å². The van der Waals surface area contributed by atoms with E-state index < -0.39 is 0 Å². The normalized spacial score (nSPS) is 11.0. The Labute approximate surface area is 91.5 Å². The summed E-state index contributed by atoms with van der Waals surface area (Å²) in [7, 11) is 0. The summed E-state index contributed by atoms with van der Waals surface area (Å²) in [6.45, 7) is 5.33. The number of hydrogen-bond acceptors (Lipinski definition) is 2. The highest BCUT2D eigenvalue weighted by atomic mass is 16.5. The van der Waals surface area contributed by atoms with E-state index in [0.29, 0.717) is 19.6 Å². The Balaban J connectivity index is 2.31. The molecule has 1 aromatic carbocycles. The van der Waals surface area contributed by atoms with Crippen LogP contribution in [0.5, 0.6) is 0 Å². The lowest BCUT2D eigenvalue weighted by Gasteiger charge is -2.20. The molecule has 0 amide bonds. The van der Waals surface area contributed by atoms with Crippen LogP contribution < -0.4 is 0 Å². The molecule has 2 heteroatoms. The average Bonchev–Trinajstić information content (AvgIpc) is 2.19. The largest absolute Gasteiger partial charge is 0.376 e. The number of ether oxygens (including phenoxy) is 1. The Kier molecular flexibility index (Phi) is 4.33. The fourth-order valence-electron chi connectivity index (χ4n) is 1.28. The maximum absolute atomic E-state index is 8.61. The third-order valence-electron chi connectivity index (χ3n) is 2.16. The summed E-state index contributed by atoms with van der Waals surface area (Å²) in [6.07, 6.45) is 0.530. The molecule has 0 aromatic heterocycles. The molecule has 1 aromatic rings. The van der Waals surface area contributed by atoms with Gasteiger partial charge in [0, 0.05) is 11.8 Å². The average molecular weight is 203 g/mol. The van der Waals surface area contributed by atoms with Crippen molar-refractivity contribution < 1.29 is 4.74 Å². The zero-order valence-electron chi connectivity index (χ0n) is 9.36.